The van der Waals surface area contributed by atoms with Gasteiger partial charge in [-0.05, 0) is 18.3 Å². The maximum atomic E-state index is 10.1. The van der Waals surface area contributed by atoms with E-state index in [0.29, 0.717) is 0 Å². The lowest BCUT2D eigenvalue weighted by molar-refractivity contribution is -0.112. The van der Waals surface area contributed by atoms with Gasteiger partial charge < -0.3 is 5.73 Å². The minimum absolute atomic E-state index is 0.630. The van der Waals surface area contributed by atoms with Gasteiger partial charge in [-0.2, -0.15) is 0 Å². The van der Waals surface area contributed by atoms with E-state index in [-0.39, 0.29) is 0 Å². The van der Waals surface area contributed by atoms with Gasteiger partial charge in [0.1, 0.15) is 0 Å². The maximum Gasteiger partial charge on any atom is 0.294 e. The van der Waals surface area contributed by atoms with Crippen LogP contribution in [-0.4, -0.2) is 5.91 Å². The van der Waals surface area contributed by atoms with Crippen LogP contribution in [0.2, 0.25) is 0 Å². The summed E-state index contributed by atoms with van der Waals surface area (Å²) in [5, 5.41) is 0. The summed E-state index contributed by atoms with van der Waals surface area (Å²) in [5.41, 5.74) is 4.75. The zero-order chi connectivity index (χ0) is 8.53. The normalized spacial score (nSPS) is 7.00. The Kier molecular flexibility index (Phi) is 5.85. The summed E-state index contributed by atoms with van der Waals surface area (Å²) in [7, 11) is 0. The Morgan fingerprint density at radius 2 is 2.18 bits per heavy atom. The highest BCUT2D eigenvalue weighted by Crippen LogP contribution is 1.89. The lowest BCUT2D eigenvalue weighted by atomic mass is 10.2. The minimum atomic E-state index is -0.630. The van der Waals surface area contributed by atoms with Gasteiger partial charge >= 0.3 is 0 Å². The van der Waals surface area contributed by atoms with Gasteiger partial charge in [0.2, 0.25) is 0 Å². The van der Waals surface area contributed by atoms with Crippen LogP contribution in [0.25, 0.3) is 0 Å². The molecule has 0 atom stereocenters. The molecule has 58 valence electrons. The lowest BCUT2D eigenvalue weighted by Gasteiger charge is -1.80. The van der Waals surface area contributed by atoms with E-state index in [1.54, 1.807) is 0 Å². The molecular formula is C9H11NO. The molecule has 0 saturated heterocycles. The molecule has 0 aromatic carbocycles. The molecule has 0 radical (unpaired) electrons. The Morgan fingerprint density at radius 1 is 1.45 bits per heavy atom. The van der Waals surface area contributed by atoms with E-state index < -0.39 is 5.91 Å². The summed E-state index contributed by atoms with van der Waals surface area (Å²) in [6, 6.07) is 0. The van der Waals surface area contributed by atoms with Gasteiger partial charge in [-0.15, -0.1) is 0 Å². The second-order valence-corrected chi connectivity index (χ2v) is 2.02. The van der Waals surface area contributed by atoms with Crippen LogP contribution in [0.4, 0.5) is 0 Å². The highest BCUT2D eigenvalue weighted by atomic mass is 16.1. The van der Waals surface area contributed by atoms with E-state index in [4.69, 9.17) is 5.73 Å². The molecule has 0 rings (SSSR count). The molecule has 0 unspecified atom stereocenters. The summed E-state index contributed by atoms with van der Waals surface area (Å²) in [4.78, 5) is 10.1. The number of carbonyl (C=O) groups excluding carboxylic acids is 1. The van der Waals surface area contributed by atoms with E-state index in [9.17, 15) is 4.79 Å². The topological polar surface area (TPSA) is 43.1 Å². The predicted octanol–water partition coefficient (Wildman–Crippen LogP) is 0.669. The SMILES string of the molecule is CCCCC#CC#CC(N)=O. The van der Waals surface area contributed by atoms with Crippen LogP contribution in [-0.2, 0) is 4.79 Å². The fourth-order valence-electron chi connectivity index (χ4n) is 0.465. The first-order valence-corrected chi connectivity index (χ1v) is 3.55. The summed E-state index contributed by atoms with van der Waals surface area (Å²) < 4.78 is 0. The molecule has 11 heavy (non-hydrogen) atoms. The van der Waals surface area contributed by atoms with Crippen LogP contribution >= 0.6 is 0 Å². The first kappa shape index (κ1) is 9.59. The van der Waals surface area contributed by atoms with Crippen molar-refractivity contribution in [1.29, 1.82) is 0 Å². The Balaban J connectivity index is 3.57. The van der Waals surface area contributed by atoms with Crippen molar-refractivity contribution in [2.45, 2.75) is 26.2 Å². The van der Waals surface area contributed by atoms with Crippen molar-refractivity contribution in [3.63, 3.8) is 0 Å². The van der Waals surface area contributed by atoms with Crippen LogP contribution in [0.3, 0.4) is 0 Å². The molecule has 2 nitrogen and oxygen atoms in total. The lowest BCUT2D eigenvalue weighted by Crippen LogP contribution is -2.05. The summed E-state index contributed by atoms with van der Waals surface area (Å²) in [6.07, 6.45) is 3.03. The second kappa shape index (κ2) is 6.71. The molecule has 2 heteroatoms. The third kappa shape index (κ3) is 8.59. The summed E-state index contributed by atoms with van der Waals surface area (Å²) in [6.45, 7) is 2.09. The van der Waals surface area contributed by atoms with Gasteiger partial charge in [-0.1, -0.05) is 19.3 Å². The number of unbranched alkanes of at least 4 members (excludes halogenated alkanes) is 2. The van der Waals surface area contributed by atoms with Gasteiger partial charge in [0.05, 0.1) is 0 Å². The number of hydrogen-bond acceptors (Lipinski definition) is 1. The molecule has 0 spiro atoms. The van der Waals surface area contributed by atoms with Gasteiger partial charge in [0.25, 0.3) is 5.91 Å². The quantitative estimate of drug-likeness (QED) is 0.455. The first-order chi connectivity index (χ1) is 5.27. The van der Waals surface area contributed by atoms with Crippen molar-refractivity contribution < 1.29 is 4.79 Å². The Hall–Kier alpha value is -1.41. The Bertz CT molecular complexity index is 234. The number of nitrogens with two attached hydrogens (primary N) is 1. The highest BCUT2D eigenvalue weighted by molar-refractivity contribution is 5.92. The molecule has 0 saturated carbocycles. The van der Waals surface area contributed by atoms with Crippen molar-refractivity contribution in [3.05, 3.63) is 0 Å². The fourth-order valence-corrected chi connectivity index (χ4v) is 0.465. The number of amides is 1. The van der Waals surface area contributed by atoms with Gasteiger partial charge in [-0.25, -0.2) is 0 Å². The number of primary amides is 1. The van der Waals surface area contributed by atoms with Gasteiger partial charge in [0, 0.05) is 12.3 Å². The van der Waals surface area contributed by atoms with Crippen LogP contribution in [0.5, 0.6) is 0 Å². The van der Waals surface area contributed by atoms with E-state index in [1.807, 2.05) is 0 Å². The fraction of sp³-hybridized carbons (Fsp3) is 0.444. The predicted molar refractivity (Wildman–Crippen MR) is 44.3 cm³/mol. The monoisotopic (exact) mass is 149 g/mol. The molecule has 0 aliphatic carbocycles. The third-order valence-electron chi connectivity index (χ3n) is 0.992. The third-order valence-corrected chi connectivity index (χ3v) is 0.992. The Morgan fingerprint density at radius 3 is 2.73 bits per heavy atom. The number of rotatable bonds is 2. The van der Waals surface area contributed by atoms with E-state index in [2.05, 4.69) is 30.6 Å². The standard InChI is InChI=1S/C9H11NO/c1-2-3-4-5-6-7-8-9(10)11/h2-4H2,1H3,(H2,10,11). The molecule has 0 aromatic rings. The van der Waals surface area contributed by atoms with E-state index in [1.165, 1.54) is 0 Å². The van der Waals surface area contributed by atoms with Crippen molar-refractivity contribution in [2.24, 2.45) is 5.73 Å². The molecule has 0 bridgehead atoms. The molecule has 0 aliphatic heterocycles. The Labute approximate surface area is 67.2 Å². The van der Waals surface area contributed by atoms with Gasteiger partial charge in [-0.3, -0.25) is 4.79 Å². The largest absolute Gasteiger partial charge is 0.359 e. The van der Waals surface area contributed by atoms with E-state index in [0.717, 1.165) is 19.3 Å². The van der Waals surface area contributed by atoms with Crippen LogP contribution in [0.1, 0.15) is 26.2 Å². The van der Waals surface area contributed by atoms with Crippen LogP contribution < -0.4 is 5.73 Å². The van der Waals surface area contributed by atoms with Crippen LogP contribution in [0, 0.1) is 23.7 Å². The first-order valence-electron chi connectivity index (χ1n) is 3.55. The van der Waals surface area contributed by atoms with Crippen LogP contribution in [0.15, 0.2) is 0 Å². The number of carbonyl (C=O) groups is 1. The van der Waals surface area contributed by atoms with Crippen molar-refractivity contribution >= 4 is 5.91 Å². The molecule has 0 aliphatic rings. The van der Waals surface area contributed by atoms with E-state index >= 15 is 0 Å². The summed E-state index contributed by atoms with van der Waals surface area (Å²) >= 11 is 0. The molecule has 0 heterocycles. The maximum absolute atomic E-state index is 10.1. The second-order valence-electron chi connectivity index (χ2n) is 2.02. The molecule has 0 fully saturated rings. The zero-order valence-corrected chi connectivity index (χ0v) is 6.61. The minimum Gasteiger partial charge on any atom is -0.359 e. The van der Waals surface area contributed by atoms with Crippen molar-refractivity contribution in [1.82, 2.24) is 0 Å². The molecular weight excluding hydrogens is 138 g/mol. The van der Waals surface area contributed by atoms with Gasteiger partial charge in [0.15, 0.2) is 0 Å². The molecule has 2 N–H and O–H groups in total. The number of hydrogen-bond donors (Lipinski definition) is 1. The van der Waals surface area contributed by atoms with Crippen molar-refractivity contribution in [3.8, 4) is 23.7 Å². The molecule has 0 aromatic heterocycles. The molecule has 1 amide bonds. The highest BCUT2D eigenvalue weighted by Gasteiger charge is 1.76. The average Bonchev–Trinajstić information content (AvgIpc) is 1.96. The average molecular weight is 149 g/mol. The smallest absolute Gasteiger partial charge is 0.294 e. The van der Waals surface area contributed by atoms with Crippen molar-refractivity contribution in [2.75, 3.05) is 0 Å². The zero-order valence-electron chi connectivity index (χ0n) is 6.61. The summed E-state index contributed by atoms with van der Waals surface area (Å²) in [5.74, 6) is 9.22.